The highest BCUT2D eigenvalue weighted by Gasteiger charge is 2.32. The lowest BCUT2D eigenvalue weighted by atomic mass is 10.0. The summed E-state index contributed by atoms with van der Waals surface area (Å²) >= 11 is 0. The van der Waals surface area contributed by atoms with Gasteiger partial charge in [0.25, 0.3) is 0 Å². The van der Waals surface area contributed by atoms with E-state index in [2.05, 4.69) is 49.7 Å². The molecule has 0 aliphatic carbocycles. The predicted octanol–water partition coefficient (Wildman–Crippen LogP) is 2.05. The first-order chi connectivity index (χ1) is 13.8. The molecule has 2 heterocycles. The van der Waals surface area contributed by atoms with Gasteiger partial charge in [0.1, 0.15) is 5.69 Å². The summed E-state index contributed by atoms with van der Waals surface area (Å²) in [5.41, 5.74) is -0.969. The van der Waals surface area contributed by atoms with Crippen molar-refractivity contribution in [1.82, 2.24) is 25.5 Å². The minimum absolute atomic E-state index is 0. The quantitative estimate of drug-likeness (QED) is 0.200. The molecule has 0 amide bonds. The van der Waals surface area contributed by atoms with Crippen LogP contribution < -0.4 is 16.0 Å². The first-order valence-corrected chi connectivity index (χ1v) is 9.71. The van der Waals surface area contributed by atoms with Gasteiger partial charge in [-0.05, 0) is 12.0 Å². The van der Waals surface area contributed by atoms with Crippen molar-refractivity contribution in [2.24, 2.45) is 10.9 Å². The van der Waals surface area contributed by atoms with Crippen molar-refractivity contribution in [2.75, 3.05) is 58.3 Å². The Hall–Kier alpha value is -1.41. The second-order valence-electron chi connectivity index (χ2n) is 7.03. The van der Waals surface area contributed by atoms with Crippen molar-refractivity contribution >= 4 is 35.9 Å². The largest absolute Gasteiger partial charge is 0.433 e. The van der Waals surface area contributed by atoms with Crippen LogP contribution in [0.15, 0.2) is 17.3 Å². The zero-order valence-electron chi connectivity index (χ0n) is 17.5. The Morgan fingerprint density at radius 1 is 1.23 bits per heavy atom. The molecule has 3 N–H and O–H groups in total. The number of aromatic nitrogens is 2. The van der Waals surface area contributed by atoms with Crippen LogP contribution in [0, 0.1) is 5.92 Å². The minimum atomic E-state index is -4.49. The molecule has 1 aromatic rings. The lowest BCUT2D eigenvalue weighted by Gasteiger charge is -2.37. The molecule has 1 atom stereocenters. The molecule has 1 aromatic heterocycles. The predicted molar refractivity (Wildman–Crippen MR) is 121 cm³/mol. The van der Waals surface area contributed by atoms with Gasteiger partial charge in [-0.3, -0.25) is 9.89 Å². The van der Waals surface area contributed by atoms with Crippen molar-refractivity contribution in [3.63, 3.8) is 0 Å². The fraction of sp³-hybridized carbons (Fsp3) is 0.722. The summed E-state index contributed by atoms with van der Waals surface area (Å²) in [4.78, 5) is 13.9. The molecule has 30 heavy (non-hydrogen) atoms. The molecular formula is C18H31F3IN7O. The fourth-order valence-electron chi connectivity index (χ4n) is 3.07. The number of ether oxygens (including phenoxy) is 1. The number of hydrogen-bond acceptors (Lipinski definition) is 6. The molecule has 12 heteroatoms. The van der Waals surface area contributed by atoms with Crippen LogP contribution in [-0.2, 0) is 10.9 Å². The number of nitrogens with zero attached hydrogens (tertiary/aromatic N) is 4. The SMILES string of the molecule is CN=C(NCCNc1nccc(C(F)(F)F)n1)NCC(C(C)C)N1CCOCC1.I. The van der Waals surface area contributed by atoms with Crippen molar-refractivity contribution in [3.05, 3.63) is 18.0 Å². The number of nitrogens with one attached hydrogen (secondary N) is 3. The van der Waals surface area contributed by atoms with E-state index in [1.54, 1.807) is 7.05 Å². The number of guanidine groups is 1. The van der Waals surface area contributed by atoms with Crippen LogP contribution in [0.2, 0.25) is 0 Å². The van der Waals surface area contributed by atoms with E-state index < -0.39 is 11.9 Å². The van der Waals surface area contributed by atoms with Gasteiger partial charge in [-0.1, -0.05) is 13.8 Å². The number of anilines is 1. The highest BCUT2D eigenvalue weighted by molar-refractivity contribution is 14.0. The van der Waals surface area contributed by atoms with Crippen LogP contribution in [0.4, 0.5) is 19.1 Å². The van der Waals surface area contributed by atoms with Gasteiger partial charge in [0.15, 0.2) is 5.96 Å². The van der Waals surface area contributed by atoms with E-state index in [4.69, 9.17) is 4.74 Å². The first-order valence-electron chi connectivity index (χ1n) is 9.71. The van der Waals surface area contributed by atoms with E-state index in [-0.39, 0.29) is 29.9 Å². The molecule has 1 saturated heterocycles. The van der Waals surface area contributed by atoms with Gasteiger partial charge >= 0.3 is 6.18 Å². The fourth-order valence-corrected chi connectivity index (χ4v) is 3.07. The Kier molecular flexibility index (Phi) is 11.6. The van der Waals surface area contributed by atoms with E-state index in [0.29, 0.717) is 31.0 Å². The van der Waals surface area contributed by atoms with Gasteiger partial charge in [0.2, 0.25) is 5.95 Å². The molecule has 8 nitrogen and oxygen atoms in total. The van der Waals surface area contributed by atoms with E-state index in [1.165, 1.54) is 0 Å². The molecule has 172 valence electrons. The monoisotopic (exact) mass is 545 g/mol. The van der Waals surface area contributed by atoms with Crippen molar-refractivity contribution < 1.29 is 17.9 Å². The summed E-state index contributed by atoms with van der Waals surface area (Å²) in [7, 11) is 1.68. The summed E-state index contributed by atoms with van der Waals surface area (Å²) in [6, 6.07) is 1.20. The maximum absolute atomic E-state index is 12.7. The molecule has 0 radical (unpaired) electrons. The Morgan fingerprint density at radius 3 is 2.53 bits per heavy atom. The molecule has 2 rings (SSSR count). The van der Waals surface area contributed by atoms with Crippen LogP contribution in [-0.4, -0.2) is 79.9 Å². The number of alkyl halides is 3. The van der Waals surface area contributed by atoms with E-state index in [0.717, 1.165) is 45.1 Å². The molecule has 1 fully saturated rings. The third-order valence-corrected chi connectivity index (χ3v) is 4.63. The average molecular weight is 545 g/mol. The number of morpholine rings is 1. The van der Waals surface area contributed by atoms with Gasteiger partial charge in [-0.2, -0.15) is 13.2 Å². The maximum atomic E-state index is 12.7. The molecule has 0 spiro atoms. The lowest BCUT2D eigenvalue weighted by molar-refractivity contribution is -0.141. The highest BCUT2D eigenvalue weighted by atomic mass is 127. The average Bonchev–Trinajstić information content (AvgIpc) is 2.70. The van der Waals surface area contributed by atoms with Crippen molar-refractivity contribution in [1.29, 1.82) is 0 Å². The molecule has 1 unspecified atom stereocenters. The molecule has 1 aliphatic heterocycles. The van der Waals surface area contributed by atoms with Gasteiger partial charge in [0, 0.05) is 52.0 Å². The van der Waals surface area contributed by atoms with E-state index in [9.17, 15) is 13.2 Å². The Balaban J connectivity index is 0.00000450. The van der Waals surface area contributed by atoms with Crippen LogP contribution in [0.25, 0.3) is 0 Å². The third-order valence-electron chi connectivity index (χ3n) is 4.63. The maximum Gasteiger partial charge on any atom is 0.433 e. The van der Waals surface area contributed by atoms with Crippen LogP contribution in [0.5, 0.6) is 0 Å². The molecular weight excluding hydrogens is 514 g/mol. The Morgan fingerprint density at radius 2 is 1.93 bits per heavy atom. The number of halogens is 4. The molecule has 0 saturated carbocycles. The van der Waals surface area contributed by atoms with Crippen LogP contribution >= 0.6 is 24.0 Å². The molecule has 0 bridgehead atoms. The van der Waals surface area contributed by atoms with Gasteiger partial charge in [-0.25, -0.2) is 9.97 Å². The second kappa shape index (κ2) is 13.1. The van der Waals surface area contributed by atoms with Gasteiger partial charge in [-0.15, -0.1) is 24.0 Å². The topological polar surface area (TPSA) is 86.7 Å². The minimum Gasteiger partial charge on any atom is -0.379 e. The van der Waals surface area contributed by atoms with Crippen molar-refractivity contribution in [2.45, 2.75) is 26.1 Å². The Bertz CT molecular complexity index is 655. The smallest absolute Gasteiger partial charge is 0.379 e. The lowest BCUT2D eigenvalue weighted by Crippen LogP contribution is -2.52. The summed E-state index contributed by atoms with van der Waals surface area (Å²) in [6.07, 6.45) is -3.40. The molecule has 1 aliphatic rings. The highest BCUT2D eigenvalue weighted by Crippen LogP contribution is 2.27. The van der Waals surface area contributed by atoms with Gasteiger partial charge < -0.3 is 20.7 Å². The third kappa shape index (κ3) is 8.76. The van der Waals surface area contributed by atoms with Crippen LogP contribution in [0.3, 0.4) is 0 Å². The summed E-state index contributed by atoms with van der Waals surface area (Å²) in [5, 5.41) is 9.24. The Labute approximate surface area is 192 Å². The molecule has 0 aromatic carbocycles. The number of hydrogen-bond donors (Lipinski definition) is 3. The second-order valence-corrected chi connectivity index (χ2v) is 7.03. The zero-order chi connectivity index (χ0) is 21.3. The standard InChI is InChI=1S/C18H30F3N7O.HI/c1-13(2)14(28-8-10-29-11-9-28)12-26-16(22-3)24-6-7-25-17-23-5-4-15(27-17)18(19,20)21;/h4-5,13-14H,6-12H2,1-3H3,(H2,22,24,26)(H,23,25,27);1H. The number of aliphatic imine (C=N–C) groups is 1. The van der Waals surface area contributed by atoms with Crippen LogP contribution in [0.1, 0.15) is 19.5 Å². The van der Waals surface area contributed by atoms with Gasteiger partial charge in [0.05, 0.1) is 13.2 Å². The summed E-state index contributed by atoms with van der Waals surface area (Å²) in [6.45, 7) is 9.24. The van der Waals surface area contributed by atoms with Crippen molar-refractivity contribution in [3.8, 4) is 0 Å². The normalized spacial score (nSPS) is 16.7. The van der Waals surface area contributed by atoms with E-state index in [1.807, 2.05) is 0 Å². The van der Waals surface area contributed by atoms with E-state index >= 15 is 0 Å². The summed E-state index contributed by atoms with van der Waals surface area (Å²) in [5.74, 6) is 1.05. The zero-order valence-corrected chi connectivity index (χ0v) is 19.8. The first kappa shape index (κ1) is 26.6. The summed E-state index contributed by atoms with van der Waals surface area (Å²) < 4.78 is 43.5. The number of rotatable bonds is 8.